The Morgan fingerprint density at radius 3 is 2.16 bits per heavy atom. The molecule has 7 heteroatoms. The zero-order valence-corrected chi connectivity index (χ0v) is 18.2. The van der Waals surface area contributed by atoms with Gasteiger partial charge in [0.25, 0.3) is 0 Å². The van der Waals surface area contributed by atoms with Crippen molar-refractivity contribution in [2.75, 3.05) is 19.7 Å². The normalized spacial score (nSPS) is 13.5. The van der Waals surface area contributed by atoms with Crippen molar-refractivity contribution in [2.45, 2.75) is 19.8 Å². The monoisotopic (exact) mass is 436 g/mol. The maximum absolute atomic E-state index is 12.4. The fraction of sp³-hybridized carbons (Fsp3) is 0.320. The number of amides is 2. The van der Waals surface area contributed by atoms with Crippen LogP contribution in [0, 0.1) is 11.8 Å². The van der Waals surface area contributed by atoms with Crippen LogP contribution in [0.25, 0.3) is 11.1 Å². The summed E-state index contributed by atoms with van der Waals surface area (Å²) in [4.78, 5) is 35.3. The third kappa shape index (κ3) is 5.55. The molecule has 0 spiro atoms. The number of nitrogens with one attached hydrogen (secondary N) is 2. The Labute approximate surface area is 187 Å². The highest BCUT2D eigenvalue weighted by molar-refractivity contribution is 5.82. The summed E-state index contributed by atoms with van der Waals surface area (Å²) in [5, 5.41) is 14.0. The molecule has 2 amide bonds. The first kappa shape index (κ1) is 23.1. The zero-order chi connectivity index (χ0) is 23.1. The van der Waals surface area contributed by atoms with E-state index >= 15 is 0 Å². The second kappa shape index (κ2) is 10.6. The molecule has 168 valence electrons. The fourth-order valence-corrected chi connectivity index (χ4v) is 3.92. The highest BCUT2D eigenvalue weighted by Crippen LogP contribution is 2.44. The molecule has 3 rings (SSSR count). The Morgan fingerprint density at radius 2 is 1.59 bits per heavy atom. The molecule has 0 aromatic heterocycles. The summed E-state index contributed by atoms with van der Waals surface area (Å²) in [6.07, 6.45) is 1.76. The van der Waals surface area contributed by atoms with Crippen LogP contribution < -0.4 is 10.6 Å². The molecule has 1 aliphatic rings. The summed E-state index contributed by atoms with van der Waals surface area (Å²) >= 11 is 0. The van der Waals surface area contributed by atoms with Gasteiger partial charge >= 0.3 is 12.1 Å². The van der Waals surface area contributed by atoms with Crippen molar-refractivity contribution in [3.8, 4) is 11.1 Å². The van der Waals surface area contributed by atoms with E-state index in [0.717, 1.165) is 28.3 Å². The average Bonchev–Trinajstić information content (AvgIpc) is 3.09. The minimum Gasteiger partial charge on any atom is -0.478 e. The first-order valence-corrected chi connectivity index (χ1v) is 10.6. The van der Waals surface area contributed by atoms with Crippen molar-refractivity contribution >= 4 is 18.0 Å². The van der Waals surface area contributed by atoms with E-state index in [1.165, 1.54) is 6.08 Å². The number of carbonyl (C=O) groups is 3. The predicted molar refractivity (Wildman–Crippen MR) is 121 cm³/mol. The lowest BCUT2D eigenvalue weighted by molar-refractivity contribution is -0.131. The van der Waals surface area contributed by atoms with E-state index in [1.54, 1.807) is 0 Å². The number of hydrogen-bond acceptors (Lipinski definition) is 4. The van der Waals surface area contributed by atoms with Crippen LogP contribution in [-0.2, 0) is 14.3 Å². The van der Waals surface area contributed by atoms with Gasteiger partial charge in [-0.3, -0.25) is 4.79 Å². The van der Waals surface area contributed by atoms with Crippen LogP contribution >= 0.6 is 0 Å². The topological polar surface area (TPSA) is 105 Å². The Hall–Kier alpha value is -3.61. The number of ether oxygens (including phenoxy) is 1. The minimum absolute atomic E-state index is 0.0210. The number of rotatable bonds is 9. The molecule has 2 aromatic carbocycles. The van der Waals surface area contributed by atoms with Gasteiger partial charge in [0.1, 0.15) is 6.61 Å². The summed E-state index contributed by atoms with van der Waals surface area (Å²) in [5.41, 5.74) is 4.59. The van der Waals surface area contributed by atoms with Crippen molar-refractivity contribution in [1.82, 2.24) is 10.6 Å². The molecule has 0 fully saturated rings. The summed E-state index contributed by atoms with van der Waals surface area (Å²) < 4.78 is 5.52. The van der Waals surface area contributed by atoms with Gasteiger partial charge in [-0.15, -0.1) is 0 Å². The summed E-state index contributed by atoms with van der Waals surface area (Å²) in [6.45, 7) is 4.22. The molecule has 0 saturated heterocycles. The summed E-state index contributed by atoms with van der Waals surface area (Å²) in [6, 6.07) is 16.2. The molecule has 0 saturated carbocycles. The van der Waals surface area contributed by atoms with Crippen molar-refractivity contribution in [3.05, 3.63) is 71.8 Å². The van der Waals surface area contributed by atoms with E-state index < -0.39 is 18.0 Å². The van der Waals surface area contributed by atoms with E-state index in [-0.39, 0.29) is 37.4 Å². The third-order valence-corrected chi connectivity index (χ3v) is 5.61. The van der Waals surface area contributed by atoms with Gasteiger partial charge in [0.2, 0.25) is 5.91 Å². The van der Waals surface area contributed by atoms with Gasteiger partial charge in [0.05, 0.1) is 5.92 Å². The zero-order valence-electron chi connectivity index (χ0n) is 18.2. The van der Waals surface area contributed by atoms with Gasteiger partial charge < -0.3 is 20.5 Å². The molecule has 2 aromatic rings. The van der Waals surface area contributed by atoms with E-state index in [2.05, 4.69) is 34.9 Å². The second-order valence-electron chi connectivity index (χ2n) is 8.04. The van der Waals surface area contributed by atoms with Crippen molar-refractivity contribution in [2.24, 2.45) is 11.8 Å². The molecule has 7 nitrogen and oxygen atoms in total. The molecule has 3 N–H and O–H groups in total. The maximum Gasteiger partial charge on any atom is 0.407 e. The molecule has 0 aliphatic heterocycles. The van der Waals surface area contributed by atoms with E-state index in [4.69, 9.17) is 9.84 Å². The van der Waals surface area contributed by atoms with Crippen LogP contribution in [0.3, 0.4) is 0 Å². The van der Waals surface area contributed by atoms with Crippen LogP contribution in [0.1, 0.15) is 30.9 Å². The number of fused-ring (bicyclic) bond motifs is 3. The maximum atomic E-state index is 12.4. The number of aliphatic carboxylic acids is 1. The first-order valence-electron chi connectivity index (χ1n) is 10.6. The molecule has 0 radical (unpaired) electrons. The van der Waals surface area contributed by atoms with Gasteiger partial charge in [-0.05, 0) is 28.2 Å². The molecular formula is C25H28N2O5. The van der Waals surface area contributed by atoms with Crippen LogP contribution in [0.4, 0.5) is 4.79 Å². The Bertz CT molecular complexity index is 969. The largest absolute Gasteiger partial charge is 0.478 e. The smallest absolute Gasteiger partial charge is 0.407 e. The first-order chi connectivity index (χ1) is 15.4. The van der Waals surface area contributed by atoms with Gasteiger partial charge in [-0.2, -0.15) is 0 Å². The lowest BCUT2D eigenvalue weighted by Gasteiger charge is -2.21. The van der Waals surface area contributed by atoms with Gasteiger partial charge in [-0.25, -0.2) is 9.59 Å². The molecular weight excluding hydrogens is 408 g/mol. The van der Waals surface area contributed by atoms with Crippen LogP contribution in [0.15, 0.2) is 60.7 Å². The average molecular weight is 437 g/mol. The van der Waals surface area contributed by atoms with Crippen molar-refractivity contribution in [1.29, 1.82) is 0 Å². The lowest BCUT2D eigenvalue weighted by atomic mass is 9.95. The Kier molecular flexibility index (Phi) is 7.65. The summed E-state index contributed by atoms with van der Waals surface area (Å²) in [5.74, 6) is -1.84. The second-order valence-corrected chi connectivity index (χ2v) is 8.04. The van der Waals surface area contributed by atoms with Gasteiger partial charge in [0, 0.05) is 25.1 Å². The van der Waals surface area contributed by atoms with Crippen molar-refractivity contribution in [3.63, 3.8) is 0 Å². The molecule has 0 heterocycles. The number of hydrogen-bond donors (Lipinski definition) is 3. The fourth-order valence-electron chi connectivity index (χ4n) is 3.92. The number of carboxylic acid groups (broad SMARTS) is 1. The predicted octanol–water partition coefficient (Wildman–Crippen LogP) is 3.55. The van der Waals surface area contributed by atoms with E-state index in [0.29, 0.717) is 0 Å². The van der Waals surface area contributed by atoms with Gasteiger partial charge in [0.15, 0.2) is 0 Å². The molecule has 1 unspecified atom stereocenters. The lowest BCUT2D eigenvalue weighted by Crippen LogP contribution is -2.41. The highest BCUT2D eigenvalue weighted by Gasteiger charge is 2.29. The SMILES string of the molecule is CC(C)C(CNC(=O)OCC1c2ccccc2-c2ccccc21)C(=O)NC/C=C/C(=O)O. The number of carboxylic acids is 1. The highest BCUT2D eigenvalue weighted by atomic mass is 16.5. The standard InChI is InChI=1S/C25H28N2O5/c1-16(2)21(24(30)26-13-7-12-23(28)29)14-27-25(31)32-15-22-19-10-5-3-8-17(19)18-9-4-6-11-20(18)22/h3-12,16,21-22H,13-15H2,1-2H3,(H,26,30)(H,27,31)(H,28,29)/b12-7+. The third-order valence-electron chi connectivity index (χ3n) is 5.61. The Morgan fingerprint density at radius 1 is 1.00 bits per heavy atom. The number of carbonyl (C=O) groups excluding carboxylic acids is 2. The number of benzene rings is 2. The van der Waals surface area contributed by atoms with Crippen molar-refractivity contribution < 1.29 is 24.2 Å². The number of alkyl carbamates (subject to hydrolysis) is 1. The summed E-state index contributed by atoms with van der Waals surface area (Å²) in [7, 11) is 0. The molecule has 1 atom stereocenters. The molecule has 0 bridgehead atoms. The van der Waals surface area contributed by atoms with E-state index in [1.807, 2.05) is 38.1 Å². The van der Waals surface area contributed by atoms with Crippen LogP contribution in [0.2, 0.25) is 0 Å². The van der Waals surface area contributed by atoms with Gasteiger partial charge in [-0.1, -0.05) is 68.5 Å². The molecule has 1 aliphatic carbocycles. The minimum atomic E-state index is -1.07. The Balaban J connectivity index is 1.54. The molecule has 32 heavy (non-hydrogen) atoms. The van der Waals surface area contributed by atoms with Crippen LogP contribution in [0.5, 0.6) is 0 Å². The quantitative estimate of drug-likeness (QED) is 0.522. The van der Waals surface area contributed by atoms with Crippen LogP contribution in [-0.4, -0.2) is 42.8 Å². The van der Waals surface area contributed by atoms with E-state index in [9.17, 15) is 14.4 Å².